The predicted molar refractivity (Wildman–Crippen MR) is 124 cm³/mol. The second-order valence-electron chi connectivity index (χ2n) is 6.73. The van der Waals surface area contributed by atoms with Crippen molar-refractivity contribution in [1.29, 1.82) is 0 Å². The SMILES string of the molecule is CCC(N)=O.NCC(Cc1ccccc1)NC(=O)CCc1nc2ccc(Cl)cc2s1. The molecular formula is C22H27ClN4O2S. The van der Waals surface area contributed by atoms with E-state index >= 15 is 0 Å². The highest BCUT2D eigenvalue weighted by Gasteiger charge is 2.13. The first-order chi connectivity index (χ1) is 14.4. The summed E-state index contributed by atoms with van der Waals surface area (Å²) in [6, 6.07) is 15.6. The molecular weight excluding hydrogens is 420 g/mol. The van der Waals surface area contributed by atoms with Crippen molar-refractivity contribution in [2.45, 2.75) is 38.6 Å². The summed E-state index contributed by atoms with van der Waals surface area (Å²) in [4.78, 5) is 26.4. The normalized spacial score (nSPS) is 11.4. The number of primary amides is 1. The maximum absolute atomic E-state index is 12.2. The van der Waals surface area contributed by atoms with Crippen LogP contribution in [0.1, 0.15) is 30.3 Å². The average Bonchev–Trinajstić information content (AvgIpc) is 3.15. The molecule has 0 aliphatic rings. The molecule has 1 heterocycles. The highest BCUT2D eigenvalue weighted by atomic mass is 35.5. The summed E-state index contributed by atoms with van der Waals surface area (Å²) >= 11 is 7.58. The number of nitrogens with one attached hydrogen (secondary N) is 1. The number of halogens is 1. The van der Waals surface area contributed by atoms with Crippen molar-refractivity contribution in [2.75, 3.05) is 6.54 Å². The number of fused-ring (bicyclic) bond motifs is 1. The van der Waals surface area contributed by atoms with Crippen LogP contribution < -0.4 is 16.8 Å². The first-order valence-electron chi connectivity index (χ1n) is 9.77. The van der Waals surface area contributed by atoms with Crippen molar-refractivity contribution in [1.82, 2.24) is 10.3 Å². The molecule has 0 radical (unpaired) electrons. The Kier molecular flexibility index (Phi) is 9.73. The molecule has 0 saturated heterocycles. The van der Waals surface area contributed by atoms with Crippen LogP contribution in [-0.2, 0) is 22.4 Å². The Morgan fingerprint density at radius 3 is 2.53 bits per heavy atom. The molecule has 0 aliphatic heterocycles. The Balaban J connectivity index is 0.000000575. The van der Waals surface area contributed by atoms with Crippen molar-refractivity contribution >= 4 is 45.0 Å². The number of nitrogens with zero attached hydrogens (tertiary/aromatic N) is 1. The standard InChI is InChI=1S/C19H20ClN3OS.C3H7NO/c20-14-6-7-16-17(11-14)25-19(23-16)9-8-18(24)22-15(12-21)10-13-4-2-1-3-5-13;1-2-3(4)5/h1-7,11,15H,8-10,12,21H2,(H,22,24);2H2,1H3,(H2,4,5). The largest absolute Gasteiger partial charge is 0.370 e. The molecule has 1 atom stereocenters. The zero-order valence-electron chi connectivity index (χ0n) is 16.9. The second kappa shape index (κ2) is 12.3. The van der Waals surface area contributed by atoms with Gasteiger partial charge in [-0.1, -0.05) is 48.9 Å². The lowest BCUT2D eigenvalue weighted by Crippen LogP contribution is -2.41. The van der Waals surface area contributed by atoms with Gasteiger partial charge in [-0.25, -0.2) is 4.98 Å². The van der Waals surface area contributed by atoms with Crippen LogP contribution in [0.4, 0.5) is 0 Å². The van der Waals surface area contributed by atoms with Gasteiger partial charge >= 0.3 is 0 Å². The average molecular weight is 447 g/mol. The summed E-state index contributed by atoms with van der Waals surface area (Å²) in [6.45, 7) is 2.14. The molecule has 0 saturated carbocycles. The minimum atomic E-state index is -0.245. The van der Waals surface area contributed by atoms with Crippen LogP contribution in [0, 0.1) is 0 Å². The number of carbonyl (C=O) groups excluding carboxylic acids is 2. The Hall–Kier alpha value is -2.48. The fraction of sp³-hybridized carbons (Fsp3) is 0.318. The monoisotopic (exact) mass is 446 g/mol. The van der Waals surface area contributed by atoms with Crippen LogP contribution in [0.15, 0.2) is 48.5 Å². The fourth-order valence-electron chi connectivity index (χ4n) is 2.67. The number of benzene rings is 2. The zero-order chi connectivity index (χ0) is 21.9. The van der Waals surface area contributed by atoms with Crippen LogP contribution in [0.3, 0.4) is 0 Å². The van der Waals surface area contributed by atoms with E-state index in [0.29, 0.717) is 30.8 Å². The predicted octanol–water partition coefficient (Wildman–Crippen LogP) is 3.45. The van der Waals surface area contributed by atoms with E-state index in [4.69, 9.17) is 17.3 Å². The number of hydrogen-bond acceptors (Lipinski definition) is 5. The molecule has 8 heteroatoms. The van der Waals surface area contributed by atoms with E-state index in [1.165, 1.54) is 5.56 Å². The number of amides is 2. The molecule has 6 nitrogen and oxygen atoms in total. The first kappa shape index (κ1) is 23.8. The van der Waals surface area contributed by atoms with E-state index in [1.54, 1.807) is 18.3 Å². The van der Waals surface area contributed by atoms with Gasteiger partial charge in [-0.05, 0) is 30.2 Å². The van der Waals surface area contributed by atoms with Crippen molar-refractivity contribution < 1.29 is 9.59 Å². The molecule has 1 unspecified atom stereocenters. The van der Waals surface area contributed by atoms with Gasteiger partial charge in [-0.2, -0.15) is 0 Å². The lowest BCUT2D eigenvalue weighted by molar-refractivity contribution is -0.121. The molecule has 160 valence electrons. The second-order valence-corrected chi connectivity index (χ2v) is 8.28. The van der Waals surface area contributed by atoms with Gasteiger partial charge in [-0.15, -0.1) is 11.3 Å². The number of rotatable bonds is 8. The van der Waals surface area contributed by atoms with Crippen LogP contribution >= 0.6 is 22.9 Å². The number of nitrogens with two attached hydrogens (primary N) is 2. The lowest BCUT2D eigenvalue weighted by Gasteiger charge is -2.16. The summed E-state index contributed by atoms with van der Waals surface area (Å²) < 4.78 is 1.05. The summed E-state index contributed by atoms with van der Waals surface area (Å²) in [5, 5.41) is 4.67. The molecule has 30 heavy (non-hydrogen) atoms. The van der Waals surface area contributed by atoms with E-state index in [9.17, 15) is 9.59 Å². The van der Waals surface area contributed by atoms with Crippen LogP contribution in [0.5, 0.6) is 0 Å². The maximum atomic E-state index is 12.2. The molecule has 3 aromatic rings. The van der Waals surface area contributed by atoms with E-state index in [0.717, 1.165) is 21.6 Å². The highest BCUT2D eigenvalue weighted by molar-refractivity contribution is 7.18. The number of aryl methyl sites for hydroxylation is 1. The number of aromatic nitrogens is 1. The molecule has 0 aliphatic carbocycles. The smallest absolute Gasteiger partial charge is 0.220 e. The van der Waals surface area contributed by atoms with Crippen molar-refractivity contribution in [2.24, 2.45) is 11.5 Å². The molecule has 0 fully saturated rings. The van der Waals surface area contributed by atoms with Crippen LogP contribution in [0.25, 0.3) is 10.2 Å². The summed E-state index contributed by atoms with van der Waals surface area (Å²) in [5.74, 6) is -0.242. The van der Waals surface area contributed by atoms with Crippen molar-refractivity contribution in [3.63, 3.8) is 0 Å². The Morgan fingerprint density at radius 1 is 1.20 bits per heavy atom. The van der Waals surface area contributed by atoms with Crippen molar-refractivity contribution in [3.8, 4) is 0 Å². The van der Waals surface area contributed by atoms with Gasteiger partial charge in [0.25, 0.3) is 0 Å². The van der Waals surface area contributed by atoms with Crippen LogP contribution in [0.2, 0.25) is 5.02 Å². The molecule has 0 bridgehead atoms. The molecule has 5 N–H and O–H groups in total. The van der Waals surface area contributed by atoms with Gasteiger partial charge in [-0.3, -0.25) is 9.59 Å². The van der Waals surface area contributed by atoms with Gasteiger partial charge < -0.3 is 16.8 Å². The van der Waals surface area contributed by atoms with E-state index < -0.39 is 0 Å². The fourth-order valence-corrected chi connectivity index (χ4v) is 3.91. The summed E-state index contributed by atoms with van der Waals surface area (Å²) in [7, 11) is 0. The van der Waals surface area contributed by atoms with E-state index in [2.05, 4.69) is 16.0 Å². The minimum absolute atomic E-state index is 0.00340. The molecule has 2 amide bonds. The quantitative estimate of drug-likeness (QED) is 0.492. The van der Waals surface area contributed by atoms with E-state index in [-0.39, 0.29) is 17.9 Å². The van der Waals surface area contributed by atoms with Gasteiger partial charge in [0.2, 0.25) is 11.8 Å². The minimum Gasteiger partial charge on any atom is -0.370 e. The van der Waals surface area contributed by atoms with Gasteiger partial charge in [0.1, 0.15) is 0 Å². The van der Waals surface area contributed by atoms with Crippen LogP contribution in [-0.4, -0.2) is 29.4 Å². The topological polar surface area (TPSA) is 111 Å². The van der Waals surface area contributed by atoms with Gasteiger partial charge in [0, 0.05) is 36.9 Å². The zero-order valence-corrected chi connectivity index (χ0v) is 18.5. The van der Waals surface area contributed by atoms with E-state index in [1.807, 2.05) is 48.5 Å². The Morgan fingerprint density at radius 2 is 1.90 bits per heavy atom. The molecule has 1 aromatic heterocycles. The molecule has 3 rings (SSSR count). The third kappa shape index (κ3) is 8.10. The number of carbonyl (C=O) groups is 2. The maximum Gasteiger partial charge on any atom is 0.220 e. The summed E-state index contributed by atoms with van der Waals surface area (Å²) in [6.07, 6.45) is 2.20. The third-order valence-corrected chi connectivity index (χ3v) is 5.60. The number of hydrogen-bond donors (Lipinski definition) is 3. The van der Waals surface area contributed by atoms with Gasteiger partial charge in [0.15, 0.2) is 0 Å². The molecule has 0 spiro atoms. The highest BCUT2D eigenvalue weighted by Crippen LogP contribution is 2.25. The Labute approximate surface area is 185 Å². The third-order valence-electron chi connectivity index (χ3n) is 4.28. The number of thiazole rings is 1. The first-order valence-corrected chi connectivity index (χ1v) is 11.0. The van der Waals surface area contributed by atoms with Crippen molar-refractivity contribution in [3.05, 3.63) is 64.1 Å². The lowest BCUT2D eigenvalue weighted by atomic mass is 10.1. The Bertz CT molecular complexity index is 962. The summed E-state index contributed by atoms with van der Waals surface area (Å²) in [5.41, 5.74) is 12.5. The molecule has 2 aromatic carbocycles. The van der Waals surface area contributed by atoms with Gasteiger partial charge in [0.05, 0.1) is 15.2 Å².